The van der Waals surface area contributed by atoms with Crippen LogP contribution in [-0.2, 0) is 10.8 Å². The minimum atomic E-state index is -0.842. The van der Waals surface area contributed by atoms with Crippen molar-refractivity contribution in [3.63, 3.8) is 0 Å². The van der Waals surface area contributed by atoms with Crippen LogP contribution in [0, 0.1) is 13.8 Å². The van der Waals surface area contributed by atoms with E-state index >= 15 is 0 Å². The molecule has 16 heavy (non-hydrogen) atoms. The predicted octanol–water partition coefficient (Wildman–Crippen LogP) is 2.46. The van der Waals surface area contributed by atoms with Gasteiger partial charge in [-0.1, -0.05) is 37.6 Å². The summed E-state index contributed by atoms with van der Waals surface area (Å²) < 4.78 is 11.8. The molecule has 0 radical (unpaired) electrons. The van der Waals surface area contributed by atoms with Crippen LogP contribution in [0.15, 0.2) is 18.2 Å². The first-order valence-electron chi connectivity index (χ1n) is 5.61. The van der Waals surface area contributed by atoms with Gasteiger partial charge in [0.1, 0.15) is 0 Å². The Hall–Kier alpha value is -0.670. The zero-order chi connectivity index (χ0) is 12.3. The summed E-state index contributed by atoms with van der Waals surface area (Å²) in [6.07, 6.45) is 0. The fraction of sp³-hybridized carbons (Fsp3) is 0.538. The molecule has 0 saturated carbocycles. The van der Waals surface area contributed by atoms with Gasteiger partial charge in [-0.15, -0.1) is 0 Å². The molecule has 0 aliphatic heterocycles. The molecule has 0 fully saturated rings. The topological polar surface area (TPSA) is 43.1 Å². The van der Waals surface area contributed by atoms with E-state index in [1.165, 1.54) is 11.1 Å². The smallest absolute Gasteiger partial charge is 0.0431 e. The summed E-state index contributed by atoms with van der Waals surface area (Å²) in [5, 5.41) is 0.177. The Labute approximate surface area is 101 Å². The lowest BCUT2D eigenvalue weighted by atomic mass is 10.0. The molecule has 2 N–H and O–H groups in total. The summed E-state index contributed by atoms with van der Waals surface area (Å²) in [6, 6.07) is 6.12. The van der Waals surface area contributed by atoms with Gasteiger partial charge in [-0.25, -0.2) is 0 Å². The van der Waals surface area contributed by atoms with Crippen molar-refractivity contribution in [1.29, 1.82) is 0 Å². The monoisotopic (exact) mass is 239 g/mol. The molecule has 2 atom stereocenters. The van der Waals surface area contributed by atoms with E-state index in [9.17, 15) is 4.21 Å². The Morgan fingerprint density at radius 3 is 2.50 bits per heavy atom. The third-order valence-electron chi connectivity index (χ3n) is 2.70. The van der Waals surface area contributed by atoms with Crippen LogP contribution >= 0.6 is 0 Å². The summed E-state index contributed by atoms with van der Waals surface area (Å²) in [4.78, 5) is 0. The zero-order valence-electron chi connectivity index (χ0n) is 10.5. The second-order valence-electron chi connectivity index (χ2n) is 4.56. The standard InChI is InChI=1S/C13H21NOS/c1-9(2)16(15)8-13(14)12-7-10(3)5-6-11(12)4/h5-7,9,13H,8,14H2,1-4H3. The number of rotatable bonds is 4. The average molecular weight is 239 g/mol. The van der Waals surface area contributed by atoms with Gasteiger partial charge in [0, 0.05) is 27.8 Å². The third kappa shape index (κ3) is 3.42. The van der Waals surface area contributed by atoms with Crippen molar-refractivity contribution < 1.29 is 4.21 Å². The van der Waals surface area contributed by atoms with E-state index in [4.69, 9.17) is 5.73 Å². The molecule has 0 aliphatic carbocycles. The Kier molecular flexibility index (Phi) is 4.69. The Bertz CT molecular complexity index is 388. The van der Waals surface area contributed by atoms with Crippen LogP contribution in [0.4, 0.5) is 0 Å². The lowest BCUT2D eigenvalue weighted by Crippen LogP contribution is -2.23. The Morgan fingerprint density at radius 1 is 1.31 bits per heavy atom. The molecule has 0 heterocycles. The van der Waals surface area contributed by atoms with Gasteiger partial charge in [-0.3, -0.25) is 4.21 Å². The van der Waals surface area contributed by atoms with Crippen LogP contribution in [0.3, 0.4) is 0 Å². The highest BCUT2D eigenvalue weighted by Gasteiger charge is 2.14. The minimum Gasteiger partial charge on any atom is -0.323 e. The van der Waals surface area contributed by atoms with E-state index < -0.39 is 10.8 Å². The fourth-order valence-corrected chi connectivity index (χ4v) is 2.54. The number of hydrogen-bond acceptors (Lipinski definition) is 2. The largest absolute Gasteiger partial charge is 0.323 e. The molecule has 2 unspecified atom stereocenters. The van der Waals surface area contributed by atoms with Crippen molar-refractivity contribution in [2.45, 2.75) is 39.0 Å². The molecule has 90 valence electrons. The second-order valence-corrected chi connectivity index (χ2v) is 6.60. The van der Waals surface area contributed by atoms with E-state index in [0.717, 1.165) is 5.56 Å². The Morgan fingerprint density at radius 2 is 1.94 bits per heavy atom. The zero-order valence-corrected chi connectivity index (χ0v) is 11.3. The van der Waals surface area contributed by atoms with E-state index in [0.29, 0.717) is 5.75 Å². The summed E-state index contributed by atoms with van der Waals surface area (Å²) in [5.74, 6) is 0.544. The van der Waals surface area contributed by atoms with Crippen LogP contribution in [0.5, 0.6) is 0 Å². The van der Waals surface area contributed by atoms with Crippen LogP contribution in [0.1, 0.15) is 36.6 Å². The quantitative estimate of drug-likeness (QED) is 0.877. The maximum atomic E-state index is 11.8. The molecule has 0 aromatic heterocycles. The maximum absolute atomic E-state index is 11.8. The molecule has 0 aliphatic rings. The van der Waals surface area contributed by atoms with Crippen LogP contribution < -0.4 is 5.73 Å². The molecular weight excluding hydrogens is 218 g/mol. The normalized spacial score (nSPS) is 15.1. The van der Waals surface area contributed by atoms with Gasteiger partial charge < -0.3 is 5.73 Å². The highest BCUT2D eigenvalue weighted by Crippen LogP contribution is 2.18. The Balaban J connectivity index is 2.84. The summed E-state index contributed by atoms with van der Waals surface area (Å²) in [7, 11) is -0.842. The maximum Gasteiger partial charge on any atom is 0.0431 e. The molecule has 0 bridgehead atoms. The van der Waals surface area contributed by atoms with Gasteiger partial charge in [0.15, 0.2) is 0 Å². The van der Waals surface area contributed by atoms with Gasteiger partial charge in [0.25, 0.3) is 0 Å². The highest BCUT2D eigenvalue weighted by atomic mass is 32.2. The molecule has 1 rings (SSSR count). The third-order valence-corrected chi connectivity index (χ3v) is 4.44. The molecule has 3 heteroatoms. The van der Waals surface area contributed by atoms with Crippen LogP contribution in [0.2, 0.25) is 0 Å². The van der Waals surface area contributed by atoms with Crippen molar-refractivity contribution in [3.8, 4) is 0 Å². The van der Waals surface area contributed by atoms with Gasteiger partial charge in [-0.05, 0) is 25.0 Å². The van der Waals surface area contributed by atoms with Crippen LogP contribution in [0.25, 0.3) is 0 Å². The van der Waals surface area contributed by atoms with Crippen molar-refractivity contribution in [3.05, 3.63) is 34.9 Å². The number of benzene rings is 1. The lowest BCUT2D eigenvalue weighted by Gasteiger charge is -2.16. The summed E-state index contributed by atoms with van der Waals surface area (Å²) in [5.41, 5.74) is 9.61. The molecule has 0 amide bonds. The van der Waals surface area contributed by atoms with E-state index in [1.54, 1.807) is 0 Å². The van der Waals surface area contributed by atoms with Gasteiger partial charge in [0.05, 0.1) is 0 Å². The lowest BCUT2D eigenvalue weighted by molar-refractivity contribution is 0.668. The summed E-state index contributed by atoms with van der Waals surface area (Å²) >= 11 is 0. The molecule has 1 aromatic rings. The molecular formula is C13H21NOS. The number of nitrogens with two attached hydrogens (primary N) is 1. The van der Waals surface area contributed by atoms with Crippen molar-refractivity contribution in [2.24, 2.45) is 5.73 Å². The molecule has 2 nitrogen and oxygen atoms in total. The van der Waals surface area contributed by atoms with Crippen molar-refractivity contribution >= 4 is 10.8 Å². The van der Waals surface area contributed by atoms with E-state index in [1.807, 2.05) is 20.8 Å². The highest BCUT2D eigenvalue weighted by molar-refractivity contribution is 7.85. The van der Waals surface area contributed by atoms with Gasteiger partial charge in [0.2, 0.25) is 0 Å². The number of hydrogen-bond donors (Lipinski definition) is 1. The predicted molar refractivity (Wildman–Crippen MR) is 71.0 cm³/mol. The van der Waals surface area contributed by atoms with Gasteiger partial charge >= 0.3 is 0 Å². The van der Waals surface area contributed by atoms with E-state index in [2.05, 4.69) is 25.1 Å². The first-order chi connectivity index (χ1) is 7.41. The number of aryl methyl sites for hydroxylation is 2. The molecule has 0 spiro atoms. The first kappa shape index (κ1) is 13.4. The fourth-order valence-electron chi connectivity index (χ4n) is 1.62. The molecule has 0 saturated heterocycles. The van der Waals surface area contributed by atoms with Gasteiger partial charge in [-0.2, -0.15) is 0 Å². The van der Waals surface area contributed by atoms with E-state index in [-0.39, 0.29) is 11.3 Å². The van der Waals surface area contributed by atoms with Crippen molar-refractivity contribution in [1.82, 2.24) is 0 Å². The van der Waals surface area contributed by atoms with Crippen molar-refractivity contribution in [2.75, 3.05) is 5.75 Å². The van der Waals surface area contributed by atoms with Crippen LogP contribution in [-0.4, -0.2) is 15.2 Å². The SMILES string of the molecule is Cc1ccc(C)c(C(N)CS(=O)C(C)C)c1. The summed E-state index contributed by atoms with van der Waals surface area (Å²) in [6.45, 7) is 8.03. The first-order valence-corrected chi connectivity index (χ1v) is 7.00. The molecule has 1 aromatic carbocycles. The average Bonchev–Trinajstić information content (AvgIpc) is 2.21. The minimum absolute atomic E-state index is 0.122. The second kappa shape index (κ2) is 5.60.